The van der Waals surface area contributed by atoms with E-state index in [1.54, 1.807) is 14.2 Å². The summed E-state index contributed by atoms with van der Waals surface area (Å²) in [5.41, 5.74) is 1.10. The molecule has 0 spiro atoms. The second kappa shape index (κ2) is 9.50. The molecule has 1 aromatic rings. The molecule has 0 fully saturated rings. The van der Waals surface area contributed by atoms with Crippen LogP contribution in [0.4, 0.5) is 0 Å². The molecular formula is C16H24O4. The van der Waals surface area contributed by atoms with Gasteiger partial charge in [0, 0.05) is 13.5 Å². The predicted molar refractivity (Wildman–Crippen MR) is 77.9 cm³/mol. The van der Waals surface area contributed by atoms with Crippen molar-refractivity contribution in [3.63, 3.8) is 0 Å². The number of ether oxygens (including phenoxy) is 3. The fourth-order valence-electron chi connectivity index (χ4n) is 1.97. The molecule has 0 saturated heterocycles. The number of aldehydes is 1. The van der Waals surface area contributed by atoms with E-state index in [4.69, 9.17) is 14.2 Å². The monoisotopic (exact) mass is 280 g/mol. The van der Waals surface area contributed by atoms with Crippen LogP contribution in [0.1, 0.15) is 25.3 Å². The lowest BCUT2D eigenvalue weighted by atomic mass is 10.0. The summed E-state index contributed by atoms with van der Waals surface area (Å²) in [7, 11) is 3.32. The third kappa shape index (κ3) is 6.17. The summed E-state index contributed by atoms with van der Waals surface area (Å²) in [5.74, 6) is 1.16. The van der Waals surface area contributed by atoms with E-state index < -0.39 is 0 Å². The van der Waals surface area contributed by atoms with Gasteiger partial charge < -0.3 is 19.0 Å². The molecule has 112 valence electrons. The van der Waals surface area contributed by atoms with Gasteiger partial charge in [-0.3, -0.25) is 0 Å². The van der Waals surface area contributed by atoms with E-state index in [9.17, 15) is 4.79 Å². The minimum Gasteiger partial charge on any atom is -0.497 e. The maximum atomic E-state index is 10.5. The van der Waals surface area contributed by atoms with Crippen LogP contribution in [0.5, 0.6) is 5.75 Å². The summed E-state index contributed by atoms with van der Waals surface area (Å²) < 4.78 is 16.2. The smallest absolute Gasteiger partial charge is 0.120 e. The van der Waals surface area contributed by atoms with Crippen LogP contribution in [0.25, 0.3) is 0 Å². The Bertz CT molecular complexity index is 375. The molecule has 1 rings (SSSR count). The van der Waals surface area contributed by atoms with Crippen LogP contribution in [-0.4, -0.2) is 33.2 Å². The van der Waals surface area contributed by atoms with E-state index in [0.29, 0.717) is 25.6 Å². The second-order valence-electron chi connectivity index (χ2n) is 4.96. The molecular weight excluding hydrogens is 256 g/mol. The van der Waals surface area contributed by atoms with Crippen molar-refractivity contribution < 1.29 is 19.0 Å². The van der Waals surface area contributed by atoms with Gasteiger partial charge in [-0.1, -0.05) is 19.1 Å². The molecule has 0 aliphatic heterocycles. The van der Waals surface area contributed by atoms with Gasteiger partial charge in [-0.25, -0.2) is 0 Å². The minimum atomic E-state index is 0.0307. The lowest BCUT2D eigenvalue weighted by Crippen LogP contribution is -2.21. The number of rotatable bonds is 10. The first-order valence-corrected chi connectivity index (χ1v) is 6.86. The molecule has 0 bridgehead atoms. The number of carbonyl (C=O) groups is 1. The largest absolute Gasteiger partial charge is 0.497 e. The van der Waals surface area contributed by atoms with Crippen LogP contribution in [0, 0.1) is 5.92 Å². The zero-order chi connectivity index (χ0) is 14.8. The van der Waals surface area contributed by atoms with Gasteiger partial charge in [-0.05, 0) is 30.0 Å². The van der Waals surface area contributed by atoms with Crippen molar-refractivity contribution in [1.82, 2.24) is 0 Å². The zero-order valence-electron chi connectivity index (χ0n) is 12.5. The summed E-state index contributed by atoms with van der Waals surface area (Å²) in [4.78, 5) is 10.5. The highest BCUT2D eigenvalue weighted by Gasteiger charge is 2.12. The Balaban J connectivity index is 2.31. The standard InChI is InChI=1S/C16H24O4/c1-13(8-9-17)10-16(19-3)12-20-11-14-4-6-15(18-2)7-5-14/h4-7,9,13,16H,8,10-12H2,1-3H3/t13-,16-/m1/s1. The molecule has 0 aliphatic rings. The first-order valence-electron chi connectivity index (χ1n) is 6.86. The Kier molecular flexibility index (Phi) is 7.92. The van der Waals surface area contributed by atoms with Gasteiger partial charge in [-0.15, -0.1) is 0 Å². The third-order valence-corrected chi connectivity index (χ3v) is 3.23. The van der Waals surface area contributed by atoms with Gasteiger partial charge in [0.05, 0.1) is 26.4 Å². The first-order chi connectivity index (χ1) is 9.69. The van der Waals surface area contributed by atoms with Crippen molar-refractivity contribution in [2.24, 2.45) is 5.92 Å². The highest BCUT2D eigenvalue weighted by atomic mass is 16.5. The summed E-state index contributed by atoms with van der Waals surface area (Å²) >= 11 is 0. The fourth-order valence-corrected chi connectivity index (χ4v) is 1.97. The van der Waals surface area contributed by atoms with E-state index in [2.05, 4.69) is 0 Å². The van der Waals surface area contributed by atoms with Gasteiger partial charge in [0.1, 0.15) is 12.0 Å². The van der Waals surface area contributed by atoms with Crippen LogP contribution in [-0.2, 0) is 20.9 Å². The van der Waals surface area contributed by atoms with Crippen molar-refractivity contribution in [3.05, 3.63) is 29.8 Å². The van der Waals surface area contributed by atoms with Gasteiger partial charge in [-0.2, -0.15) is 0 Å². The number of hydrogen-bond donors (Lipinski definition) is 0. The molecule has 0 unspecified atom stereocenters. The van der Waals surface area contributed by atoms with Crippen molar-refractivity contribution in [1.29, 1.82) is 0 Å². The molecule has 0 aromatic heterocycles. The average molecular weight is 280 g/mol. The molecule has 2 atom stereocenters. The molecule has 20 heavy (non-hydrogen) atoms. The van der Waals surface area contributed by atoms with Crippen LogP contribution in [0.2, 0.25) is 0 Å². The van der Waals surface area contributed by atoms with Crippen molar-refractivity contribution in [2.45, 2.75) is 32.5 Å². The number of benzene rings is 1. The SMILES string of the molecule is COc1ccc(COC[C@@H](C[C@H](C)CC=O)OC)cc1. The van der Waals surface area contributed by atoms with Gasteiger partial charge in [0.2, 0.25) is 0 Å². The van der Waals surface area contributed by atoms with Crippen molar-refractivity contribution in [3.8, 4) is 5.75 Å². The van der Waals surface area contributed by atoms with Crippen LogP contribution in [0.15, 0.2) is 24.3 Å². The molecule has 1 aromatic carbocycles. The molecule has 0 amide bonds. The van der Waals surface area contributed by atoms with E-state index in [1.807, 2.05) is 31.2 Å². The Hall–Kier alpha value is -1.39. The Labute approximate surface area is 121 Å². The lowest BCUT2D eigenvalue weighted by molar-refractivity contribution is -0.108. The minimum absolute atomic E-state index is 0.0307. The number of hydrogen-bond acceptors (Lipinski definition) is 4. The molecule has 0 saturated carbocycles. The maximum Gasteiger partial charge on any atom is 0.120 e. The third-order valence-electron chi connectivity index (χ3n) is 3.23. The molecule has 0 aliphatic carbocycles. The van der Waals surface area contributed by atoms with Crippen molar-refractivity contribution >= 4 is 6.29 Å². The normalized spacial score (nSPS) is 13.8. The van der Waals surface area contributed by atoms with E-state index in [1.165, 1.54) is 0 Å². The Morgan fingerprint density at radius 1 is 1.20 bits per heavy atom. The van der Waals surface area contributed by atoms with E-state index in [0.717, 1.165) is 24.0 Å². The zero-order valence-corrected chi connectivity index (χ0v) is 12.5. The fraction of sp³-hybridized carbons (Fsp3) is 0.562. The molecule has 0 radical (unpaired) electrons. The molecule has 0 heterocycles. The maximum absolute atomic E-state index is 10.5. The number of methoxy groups -OCH3 is 2. The molecule has 4 heteroatoms. The van der Waals surface area contributed by atoms with Crippen molar-refractivity contribution in [2.75, 3.05) is 20.8 Å². The van der Waals surface area contributed by atoms with Gasteiger partial charge in [0.15, 0.2) is 0 Å². The summed E-state index contributed by atoms with van der Waals surface area (Å²) in [6.45, 7) is 3.13. The highest BCUT2D eigenvalue weighted by molar-refractivity contribution is 5.49. The predicted octanol–water partition coefficient (Wildman–Crippen LogP) is 2.84. The topological polar surface area (TPSA) is 44.8 Å². The van der Waals surface area contributed by atoms with Gasteiger partial charge >= 0.3 is 0 Å². The average Bonchev–Trinajstić information content (AvgIpc) is 2.47. The Morgan fingerprint density at radius 3 is 2.45 bits per heavy atom. The van der Waals surface area contributed by atoms with Gasteiger partial charge in [0.25, 0.3) is 0 Å². The van der Waals surface area contributed by atoms with Crippen LogP contribution >= 0.6 is 0 Å². The van der Waals surface area contributed by atoms with Crippen LogP contribution < -0.4 is 4.74 Å². The lowest BCUT2D eigenvalue weighted by Gasteiger charge is -2.18. The summed E-state index contributed by atoms with van der Waals surface area (Å²) in [6.07, 6.45) is 2.38. The summed E-state index contributed by atoms with van der Waals surface area (Å²) in [6, 6.07) is 7.79. The summed E-state index contributed by atoms with van der Waals surface area (Å²) in [5, 5.41) is 0. The first kappa shape index (κ1) is 16.7. The molecule has 0 N–H and O–H groups in total. The number of carbonyl (C=O) groups excluding carboxylic acids is 1. The highest BCUT2D eigenvalue weighted by Crippen LogP contribution is 2.14. The Morgan fingerprint density at radius 2 is 1.90 bits per heavy atom. The molecule has 4 nitrogen and oxygen atoms in total. The quantitative estimate of drug-likeness (QED) is 0.618. The second-order valence-corrected chi connectivity index (χ2v) is 4.96. The van der Waals surface area contributed by atoms with E-state index in [-0.39, 0.29) is 6.10 Å². The van der Waals surface area contributed by atoms with Crippen LogP contribution in [0.3, 0.4) is 0 Å². The van der Waals surface area contributed by atoms with E-state index >= 15 is 0 Å².